The van der Waals surface area contributed by atoms with Gasteiger partial charge in [0.05, 0.1) is 21.8 Å². The molecule has 5 heteroatoms. The third-order valence-electron chi connectivity index (χ3n) is 2.89. The predicted octanol–water partition coefficient (Wildman–Crippen LogP) is 2.88. The molecule has 0 aliphatic heterocycles. The maximum atomic E-state index is 11.7. The van der Waals surface area contributed by atoms with Crippen molar-refractivity contribution in [2.24, 2.45) is 0 Å². The number of hydrogen-bond donors (Lipinski definition) is 2. The third kappa shape index (κ3) is 1.62. The second kappa shape index (κ2) is 3.99. The van der Waals surface area contributed by atoms with Crippen molar-refractivity contribution in [2.75, 3.05) is 0 Å². The summed E-state index contributed by atoms with van der Waals surface area (Å²) in [7, 11) is 0. The number of fused-ring (bicyclic) bond motifs is 1. The van der Waals surface area contributed by atoms with Crippen molar-refractivity contribution >= 4 is 22.5 Å². The van der Waals surface area contributed by atoms with Crippen molar-refractivity contribution in [3.8, 4) is 11.3 Å². The number of aryl methyl sites for hydroxylation is 1. The Morgan fingerprint density at radius 2 is 2.00 bits per heavy atom. The van der Waals surface area contributed by atoms with E-state index < -0.39 is 0 Å². The second-order valence-corrected chi connectivity index (χ2v) is 4.49. The standard InChI is InChI=1S/C13H10ClN3O/c1-7-12(13(18)17-16-7)11-6-9(14)8-4-2-3-5-10(8)15-11/h2-6H,1H3,(H2,16,17,18). The highest BCUT2D eigenvalue weighted by Gasteiger charge is 2.12. The molecule has 18 heavy (non-hydrogen) atoms. The number of aromatic nitrogens is 3. The molecule has 0 saturated heterocycles. The van der Waals surface area contributed by atoms with Crippen LogP contribution in [0.3, 0.4) is 0 Å². The lowest BCUT2D eigenvalue weighted by Crippen LogP contribution is -2.03. The van der Waals surface area contributed by atoms with E-state index in [0.717, 1.165) is 16.6 Å². The minimum Gasteiger partial charge on any atom is -0.302 e. The summed E-state index contributed by atoms with van der Waals surface area (Å²) < 4.78 is 0. The number of benzene rings is 1. The molecule has 0 fully saturated rings. The van der Waals surface area contributed by atoms with E-state index in [1.165, 1.54) is 0 Å². The molecule has 2 aromatic heterocycles. The number of hydrogen-bond acceptors (Lipinski definition) is 2. The van der Waals surface area contributed by atoms with E-state index >= 15 is 0 Å². The predicted molar refractivity (Wildman–Crippen MR) is 71.9 cm³/mol. The van der Waals surface area contributed by atoms with Gasteiger partial charge in [0.1, 0.15) is 0 Å². The molecular weight excluding hydrogens is 250 g/mol. The topological polar surface area (TPSA) is 61.5 Å². The highest BCUT2D eigenvalue weighted by Crippen LogP contribution is 2.27. The summed E-state index contributed by atoms with van der Waals surface area (Å²) in [6.45, 7) is 1.82. The van der Waals surface area contributed by atoms with Crippen LogP contribution in [0.15, 0.2) is 35.1 Å². The van der Waals surface area contributed by atoms with E-state index in [-0.39, 0.29) is 5.56 Å². The van der Waals surface area contributed by atoms with Gasteiger partial charge in [0, 0.05) is 11.1 Å². The molecule has 3 rings (SSSR count). The highest BCUT2D eigenvalue weighted by atomic mass is 35.5. The Bertz CT molecular complexity index is 788. The second-order valence-electron chi connectivity index (χ2n) is 4.09. The zero-order valence-electron chi connectivity index (χ0n) is 9.62. The highest BCUT2D eigenvalue weighted by molar-refractivity contribution is 6.35. The fraction of sp³-hybridized carbons (Fsp3) is 0.0769. The number of pyridine rings is 1. The summed E-state index contributed by atoms with van der Waals surface area (Å²) in [6, 6.07) is 9.30. The quantitative estimate of drug-likeness (QED) is 0.706. The van der Waals surface area contributed by atoms with E-state index in [0.29, 0.717) is 16.3 Å². The zero-order valence-corrected chi connectivity index (χ0v) is 10.4. The molecule has 0 amide bonds. The summed E-state index contributed by atoms with van der Waals surface area (Å²) in [5.41, 5.74) is 2.45. The van der Waals surface area contributed by atoms with Crippen LogP contribution in [0.5, 0.6) is 0 Å². The van der Waals surface area contributed by atoms with Crippen molar-refractivity contribution in [3.63, 3.8) is 0 Å². The van der Waals surface area contributed by atoms with E-state index in [9.17, 15) is 4.79 Å². The van der Waals surface area contributed by atoms with E-state index in [2.05, 4.69) is 15.2 Å². The Labute approximate surface area is 108 Å². The average Bonchev–Trinajstić information content (AvgIpc) is 2.69. The van der Waals surface area contributed by atoms with Crippen molar-refractivity contribution in [1.82, 2.24) is 15.2 Å². The Morgan fingerprint density at radius 3 is 2.72 bits per heavy atom. The molecule has 0 atom stereocenters. The Balaban J connectivity index is 2.35. The molecule has 2 N–H and O–H groups in total. The van der Waals surface area contributed by atoms with E-state index in [1.54, 1.807) is 6.07 Å². The molecule has 3 aromatic rings. The number of H-pyrrole nitrogens is 2. The fourth-order valence-electron chi connectivity index (χ4n) is 2.02. The molecule has 1 aromatic carbocycles. The first-order chi connectivity index (χ1) is 8.66. The number of rotatable bonds is 1. The average molecular weight is 260 g/mol. The van der Waals surface area contributed by atoms with Gasteiger partial charge in [0.25, 0.3) is 5.56 Å². The van der Waals surface area contributed by atoms with Gasteiger partial charge in [-0.15, -0.1) is 0 Å². The molecule has 0 spiro atoms. The number of para-hydroxylation sites is 1. The summed E-state index contributed by atoms with van der Waals surface area (Å²) in [4.78, 5) is 16.2. The van der Waals surface area contributed by atoms with Crippen LogP contribution in [0.4, 0.5) is 0 Å². The Hall–Kier alpha value is -2.07. The molecule has 4 nitrogen and oxygen atoms in total. The molecule has 0 aliphatic rings. The molecule has 0 aliphatic carbocycles. The van der Waals surface area contributed by atoms with E-state index in [4.69, 9.17) is 11.6 Å². The first-order valence-electron chi connectivity index (χ1n) is 5.50. The van der Waals surface area contributed by atoms with Crippen molar-refractivity contribution in [1.29, 1.82) is 0 Å². The van der Waals surface area contributed by atoms with Crippen LogP contribution in [0.2, 0.25) is 5.02 Å². The number of nitrogens with one attached hydrogen (secondary N) is 2. The summed E-state index contributed by atoms with van der Waals surface area (Å²) in [5.74, 6) is 0. The van der Waals surface area contributed by atoms with Crippen molar-refractivity contribution in [2.45, 2.75) is 6.92 Å². The van der Waals surface area contributed by atoms with Crippen molar-refractivity contribution in [3.05, 3.63) is 51.4 Å². The Kier molecular flexibility index (Phi) is 2.45. The first-order valence-corrected chi connectivity index (χ1v) is 5.87. The van der Waals surface area contributed by atoms with Gasteiger partial charge in [0.2, 0.25) is 0 Å². The van der Waals surface area contributed by atoms with Crippen LogP contribution in [0.1, 0.15) is 5.69 Å². The molecule has 0 unspecified atom stereocenters. The largest absolute Gasteiger partial charge is 0.302 e. The number of halogens is 1. The maximum Gasteiger partial charge on any atom is 0.273 e. The maximum absolute atomic E-state index is 11.7. The minimum absolute atomic E-state index is 0.189. The van der Waals surface area contributed by atoms with E-state index in [1.807, 2.05) is 31.2 Å². The monoisotopic (exact) mass is 259 g/mol. The van der Waals surface area contributed by atoms with Gasteiger partial charge in [-0.05, 0) is 19.1 Å². The summed E-state index contributed by atoms with van der Waals surface area (Å²) in [6.07, 6.45) is 0. The van der Waals surface area contributed by atoms with Crippen LogP contribution in [-0.4, -0.2) is 15.2 Å². The lowest BCUT2D eigenvalue weighted by atomic mass is 10.1. The fourth-order valence-corrected chi connectivity index (χ4v) is 2.28. The van der Waals surface area contributed by atoms with Crippen LogP contribution < -0.4 is 5.56 Å². The van der Waals surface area contributed by atoms with Crippen LogP contribution >= 0.6 is 11.6 Å². The third-order valence-corrected chi connectivity index (χ3v) is 3.20. The molecule has 0 radical (unpaired) electrons. The van der Waals surface area contributed by atoms with Gasteiger partial charge in [0.15, 0.2) is 0 Å². The smallest absolute Gasteiger partial charge is 0.273 e. The normalized spacial score (nSPS) is 11.0. The van der Waals surface area contributed by atoms with Gasteiger partial charge < -0.3 is 5.10 Å². The molecule has 0 bridgehead atoms. The van der Waals surface area contributed by atoms with Crippen LogP contribution in [0, 0.1) is 6.92 Å². The summed E-state index contributed by atoms with van der Waals surface area (Å²) in [5, 5.41) is 6.80. The molecular formula is C13H10ClN3O. The lowest BCUT2D eigenvalue weighted by Gasteiger charge is -2.03. The van der Waals surface area contributed by atoms with Gasteiger partial charge in [-0.25, -0.2) is 4.98 Å². The Morgan fingerprint density at radius 1 is 1.22 bits per heavy atom. The van der Waals surface area contributed by atoms with Gasteiger partial charge >= 0.3 is 0 Å². The van der Waals surface area contributed by atoms with Crippen LogP contribution in [-0.2, 0) is 0 Å². The van der Waals surface area contributed by atoms with Crippen LogP contribution in [0.25, 0.3) is 22.2 Å². The number of nitrogens with zero attached hydrogens (tertiary/aromatic N) is 1. The van der Waals surface area contributed by atoms with Gasteiger partial charge in [-0.1, -0.05) is 29.8 Å². The number of aromatic amines is 2. The van der Waals surface area contributed by atoms with Crippen molar-refractivity contribution < 1.29 is 0 Å². The van der Waals surface area contributed by atoms with Gasteiger partial charge in [-0.2, -0.15) is 0 Å². The molecule has 90 valence electrons. The molecule has 0 saturated carbocycles. The molecule has 2 heterocycles. The SMILES string of the molecule is Cc1[nH][nH]c(=O)c1-c1cc(Cl)c2ccccc2n1. The summed E-state index contributed by atoms with van der Waals surface area (Å²) >= 11 is 6.22. The first kappa shape index (κ1) is 11.0. The zero-order chi connectivity index (χ0) is 12.7. The van der Waals surface area contributed by atoms with Gasteiger partial charge in [-0.3, -0.25) is 9.89 Å². The lowest BCUT2D eigenvalue weighted by molar-refractivity contribution is 1.02. The minimum atomic E-state index is -0.189.